The van der Waals surface area contributed by atoms with Crippen molar-refractivity contribution < 1.29 is 27.4 Å². The number of rotatable bonds is 10. The number of phenols is 1. The van der Waals surface area contributed by atoms with Crippen LogP contribution in [-0.4, -0.2) is 29.2 Å². The van der Waals surface area contributed by atoms with Crippen LogP contribution in [0.15, 0.2) is 18.2 Å². The van der Waals surface area contributed by atoms with Crippen molar-refractivity contribution >= 4 is 10.4 Å². The van der Waals surface area contributed by atoms with Crippen LogP contribution in [0.4, 0.5) is 0 Å². The second kappa shape index (κ2) is 14.9. The molecule has 1 aromatic rings. The Morgan fingerprint density at radius 3 is 2.00 bits per heavy atom. The summed E-state index contributed by atoms with van der Waals surface area (Å²) in [6.07, 6.45) is 9.94. The maximum absolute atomic E-state index is 9.91. The van der Waals surface area contributed by atoms with Gasteiger partial charge in [-0.25, -0.2) is 0 Å². The number of unbranched alkanes of at least 4 members (excludes halogenated alkanes) is 6. The Labute approximate surface area is 151 Å². The fourth-order valence-electron chi connectivity index (χ4n) is 2.35. The van der Waals surface area contributed by atoms with Crippen LogP contribution < -0.4 is 10.9 Å². The zero-order chi connectivity index (χ0) is 18.4. The highest BCUT2D eigenvalue weighted by molar-refractivity contribution is 7.79. The number of aromatic hydroxyl groups is 1. The first-order valence-electron chi connectivity index (χ1n) is 8.43. The molecule has 1 aromatic carbocycles. The Bertz CT molecular complexity index is 540. The summed E-state index contributed by atoms with van der Waals surface area (Å²) in [6.45, 7) is 4.86. The molecule has 0 bridgehead atoms. The molecule has 6 N–H and O–H groups in total. The van der Waals surface area contributed by atoms with Crippen LogP contribution in [0.3, 0.4) is 0 Å². The summed E-state index contributed by atoms with van der Waals surface area (Å²) >= 11 is 0. The molecule has 0 fully saturated rings. The van der Waals surface area contributed by atoms with E-state index in [0.717, 1.165) is 24.2 Å². The Hall–Kier alpha value is -1.35. The third-order valence-corrected chi connectivity index (χ3v) is 3.44. The molecule has 0 aliphatic heterocycles. The van der Waals surface area contributed by atoms with Gasteiger partial charge >= 0.3 is 10.4 Å². The van der Waals surface area contributed by atoms with Crippen LogP contribution in [-0.2, 0) is 16.8 Å². The minimum absolute atomic E-state index is 0. The summed E-state index contributed by atoms with van der Waals surface area (Å²) in [5, 5.41) is 9.91. The topological polar surface area (TPSA) is 139 Å². The van der Waals surface area contributed by atoms with Crippen molar-refractivity contribution in [1.82, 2.24) is 6.15 Å². The summed E-state index contributed by atoms with van der Waals surface area (Å²) in [6, 6.07) is 5.54. The van der Waals surface area contributed by atoms with Crippen LogP contribution in [0.5, 0.6) is 11.5 Å². The molecule has 0 saturated heterocycles. The second-order valence-corrected chi connectivity index (χ2v) is 6.40. The lowest BCUT2D eigenvalue weighted by atomic mass is 10.0. The van der Waals surface area contributed by atoms with E-state index < -0.39 is 10.4 Å². The van der Waals surface area contributed by atoms with Gasteiger partial charge in [-0.2, -0.15) is 8.42 Å². The number of ether oxygens (including phenoxy) is 1. The molecule has 0 spiro atoms. The van der Waals surface area contributed by atoms with Gasteiger partial charge in [0.05, 0.1) is 6.61 Å². The molecule has 25 heavy (non-hydrogen) atoms. The first-order valence-corrected chi connectivity index (χ1v) is 9.82. The lowest BCUT2D eigenvalue weighted by molar-refractivity contribution is 0.332. The van der Waals surface area contributed by atoms with E-state index in [2.05, 4.69) is 6.92 Å². The molecule has 0 aromatic heterocycles. The van der Waals surface area contributed by atoms with Gasteiger partial charge in [0.1, 0.15) is 11.5 Å². The monoisotopic (exact) mass is 379 g/mol. The highest BCUT2D eigenvalue weighted by Gasteiger charge is 2.08. The van der Waals surface area contributed by atoms with Crippen molar-refractivity contribution in [2.75, 3.05) is 6.61 Å². The largest absolute Gasteiger partial charge is 0.508 e. The highest BCUT2D eigenvalue weighted by Crippen LogP contribution is 2.29. The van der Waals surface area contributed by atoms with E-state index in [9.17, 15) is 5.11 Å². The Kier molecular flexibility index (Phi) is 15.5. The van der Waals surface area contributed by atoms with Gasteiger partial charge < -0.3 is 16.0 Å². The Balaban J connectivity index is 0. The quantitative estimate of drug-likeness (QED) is 0.344. The van der Waals surface area contributed by atoms with Gasteiger partial charge in [0.15, 0.2) is 0 Å². The van der Waals surface area contributed by atoms with Gasteiger partial charge in [-0.1, -0.05) is 51.5 Å². The average Bonchev–Trinajstić information content (AvgIpc) is 2.47. The van der Waals surface area contributed by atoms with Crippen molar-refractivity contribution in [3.05, 3.63) is 23.8 Å². The fraction of sp³-hybridized carbons (Fsp3) is 0.647. The molecule has 0 unspecified atom stereocenters. The van der Waals surface area contributed by atoms with Crippen molar-refractivity contribution in [2.24, 2.45) is 0 Å². The third kappa shape index (κ3) is 15.9. The predicted molar refractivity (Wildman–Crippen MR) is 100 cm³/mol. The highest BCUT2D eigenvalue weighted by atomic mass is 32.3. The third-order valence-electron chi connectivity index (χ3n) is 3.44. The predicted octanol–water partition coefficient (Wildman–Crippen LogP) is 4.59. The summed E-state index contributed by atoms with van der Waals surface area (Å²) < 4.78 is 37.2. The standard InChI is InChI=1S/C17H28O2.H3N.H2O4S/c1-3-5-6-7-8-9-10-12-15-16(18)13-11-14-17(15)19-4-2;;1-5(2,3)4/h11,13-14,18H,3-10,12H2,1-2H3;1H3;(H2,1,2,3,4). The molecule has 0 amide bonds. The van der Waals surface area contributed by atoms with Gasteiger partial charge in [0.2, 0.25) is 0 Å². The van der Waals surface area contributed by atoms with Gasteiger partial charge in [-0.05, 0) is 31.9 Å². The molecule has 8 heteroatoms. The van der Waals surface area contributed by atoms with E-state index in [-0.39, 0.29) is 6.15 Å². The van der Waals surface area contributed by atoms with Gasteiger partial charge in [-0.15, -0.1) is 0 Å². The van der Waals surface area contributed by atoms with Crippen LogP contribution >= 0.6 is 0 Å². The zero-order valence-electron chi connectivity index (χ0n) is 15.3. The summed E-state index contributed by atoms with van der Waals surface area (Å²) in [7, 11) is -4.67. The molecule has 0 aliphatic carbocycles. The maximum atomic E-state index is 9.91. The van der Waals surface area contributed by atoms with Crippen LogP contribution in [0, 0.1) is 0 Å². The molecule has 0 aliphatic rings. The van der Waals surface area contributed by atoms with Crippen molar-refractivity contribution in [3.8, 4) is 11.5 Å². The van der Waals surface area contributed by atoms with Crippen LogP contribution in [0.2, 0.25) is 0 Å². The lowest BCUT2D eigenvalue weighted by Gasteiger charge is -2.11. The lowest BCUT2D eigenvalue weighted by Crippen LogP contribution is -1.97. The number of phenolic OH excluding ortho intramolecular Hbond substituents is 1. The van der Waals surface area contributed by atoms with E-state index in [1.165, 1.54) is 38.5 Å². The average molecular weight is 380 g/mol. The molecule has 0 atom stereocenters. The minimum Gasteiger partial charge on any atom is -0.508 e. The zero-order valence-corrected chi connectivity index (χ0v) is 16.1. The van der Waals surface area contributed by atoms with E-state index in [4.69, 9.17) is 22.3 Å². The summed E-state index contributed by atoms with van der Waals surface area (Å²) in [5.74, 6) is 1.21. The number of hydrogen-bond acceptors (Lipinski definition) is 5. The second-order valence-electron chi connectivity index (χ2n) is 5.51. The molecular formula is C17H33NO6S. The number of benzene rings is 1. The summed E-state index contributed by atoms with van der Waals surface area (Å²) in [5.41, 5.74) is 0.970. The Morgan fingerprint density at radius 2 is 1.48 bits per heavy atom. The maximum Gasteiger partial charge on any atom is 0.394 e. The number of hydrogen-bond donors (Lipinski definition) is 4. The fourth-order valence-corrected chi connectivity index (χ4v) is 2.35. The van der Waals surface area contributed by atoms with E-state index in [1.54, 1.807) is 6.07 Å². The van der Waals surface area contributed by atoms with E-state index >= 15 is 0 Å². The molecule has 0 saturated carbocycles. The Morgan fingerprint density at radius 1 is 0.960 bits per heavy atom. The first-order chi connectivity index (χ1) is 11.3. The minimum atomic E-state index is -4.67. The van der Waals surface area contributed by atoms with Crippen molar-refractivity contribution in [1.29, 1.82) is 0 Å². The van der Waals surface area contributed by atoms with Crippen molar-refractivity contribution in [2.45, 2.75) is 65.2 Å². The van der Waals surface area contributed by atoms with Crippen molar-refractivity contribution in [3.63, 3.8) is 0 Å². The van der Waals surface area contributed by atoms with E-state index in [1.807, 2.05) is 19.1 Å². The summed E-state index contributed by atoms with van der Waals surface area (Å²) in [4.78, 5) is 0. The molecule has 1 rings (SSSR count). The first kappa shape index (κ1) is 25.9. The van der Waals surface area contributed by atoms with Crippen LogP contribution in [0.1, 0.15) is 64.4 Å². The molecule has 148 valence electrons. The van der Waals surface area contributed by atoms with Gasteiger partial charge in [0, 0.05) is 5.56 Å². The molecule has 7 nitrogen and oxygen atoms in total. The van der Waals surface area contributed by atoms with Crippen LogP contribution in [0.25, 0.3) is 0 Å². The van der Waals surface area contributed by atoms with E-state index in [0.29, 0.717) is 12.4 Å². The van der Waals surface area contributed by atoms with Gasteiger partial charge in [0.25, 0.3) is 0 Å². The molecular weight excluding hydrogens is 346 g/mol. The van der Waals surface area contributed by atoms with Gasteiger partial charge in [-0.3, -0.25) is 9.11 Å². The normalized spacial score (nSPS) is 10.4. The smallest absolute Gasteiger partial charge is 0.394 e. The molecule has 0 radical (unpaired) electrons. The SMILES string of the molecule is CCCCCCCCCc1c(O)cccc1OCC.N.O=S(=O)(O)O. The molecule has 0 heterocycles.